The van der Waals surface area contributed by atoms with Gasteiger partial charge in [0, 0.05) is 22.8 Å². The Hall–Kier alpha value is -2.65. The first kappa shape index (κ1) is 21.1. The van der Waals surface area contributed by atoms with Crippen molar-refractivity contribution >= 4 is 45.2 Å². The Kier molecular flexibility index (Phi) is 7.05. The highest BCUT2D eigenvalue weighted by molar-refractivity contribution is 9.10. The first-order valence-corrected chi connectivity index (χ1v) is 10.6. The van der Waals surface area contributed by atoms with Crippen LogP contribution in [0.1, 0.15) is 21.7 Å². The van der Waals surface area contributed by atoms with Crippen molar-refractivity contribution in [2.24, 2.45) is 7.05 Å². The molecule has 2 aromatic carbocycles. The fourth-order valence-corrected chi connectivity index (χ4v) is 3.50. The van der Waals surface area contributed by atoms with Gasteiger partial charge in [-0.05, 0) is 42.8 Å². The molecule has 1 aromatic heterocycles. The van der Waals surface area contributed by atoms with Crippen LogP contribution >= 0.6 is 27.7 Å². The van der Waals surface area contributed by atoms with Crippen molar-refractivity contribution in [2.75, 3.05) is 11.1 Å². The Labute approximate surface area is 181 Å². The zero-order chi connectivity index (χ0) is 20.8. The van der Waals surface area contributed by atoms with Gasteiger partial charge in [0.25, 0.3) is 5.91 Å². The van der Waals surface area contributed by atoms with Gasteiger partial charge in [0.1, 0.15) is 0 Å². The van der Waals surface area contributed by atoms with Gasteiger partial charge in [-0.15, -0.1) is 10.2 Å². The molecule has 29 heavy (non-hydrogen) atoms. The predicted octanol–water partition coefficient (Wildman–Crippen LogP) is 3.55. The number of amides is 2. The van der Waals surface area contributed by atoms with E-state index in [2.05, 4.69) is 36.8 Å². The smallest absolute Gasteiger partial charge is 0.251 e. The average Bonchev–Trinajstić information content (AvgIpc) is 3.07. The van der Waals surface area contributed by atoms with Gasteiger partial charge in [-0.25, -0.2) is 0 Å². The fourth-order valence-electron chi connectivity index (χ4n) is 2.53. The highest BCUT2D eigenvalue weighted by Crippen LogP contribution is 2.21. The molecule has 0 radical (unpaired) electrons. The summed E-state index contributed by atoms with van der Waals surface area (Å²) in [5.41, 5.74) is 2.38. The van der Waals surface area contributed by atoms with Crippen molar-refractivity contribution in [1.82, 2.24) is 20.1 Å². The van der Waals surface area contributed by atoms with Crippen LogP contribution in [0.4, 0.5) is 5.69 Å². The third kappa shape index (κ3) is 5.68. The molecular formula is C20H20BrN5O2S. The van der Waals surface area contributed by atoms with Crippen LogP contribution in [0.5, 0.6) is 0 Å². The molecule has 0 fully saturated rings. The molecule has 1 heterocycles. The first-order valence-electron chi connectivity index (χ1n) is 8.84. The lowest BCUT2D eigenvalue weighted by atomic mass is 10.2. The molecule has 0 aliphatic rings. The normalized spacial score (nSPS) is 10.6. The highest BCUT2D eigenvalue weighted by Gasteiger charge is 2.13. The molecule has 0 aliphatic carbocycles. The molecule has 7 nitrogen and oxygen atoms in total. The predicted molar refractivity (Wildman–Crippen MR) is 117 cm³/mol. The molecular weight excluding hydrogens is 454 g/mol. The van der Waals surface area contributed by atoms with E-state index in [1.165, 1.54) is 11.8 Å². The standard InChI is InChI=1S/C20H20BrN5O2S/c1-13-10-15(8-9-16(13)21)23-18(27)12-29-20-25-24-17(26(20)2)11-22-19(28)14-6-4-3-5-7-14/h3-10H,11-12H2,1-2H3,(H,22,28)(H,23,27). The van der Waals surface area contributed by atoms with Crippen molar-refractivity contribution in [3.05, 3.63) is 70.0 Å². The summed E-state index contributed by atoms with van der Waals surface area (Å²) in [5, 5.41) is 14.5. The quantitative estimate of drug-likeness (QED) is 0.512. The minimum absolute atomic E-state index is 0.126. The van der Waals surface area contributed by atoms with Gasteiger partial charge in [-0.3, -0.25) is 9.59 Å². The lowest BCUT2D eigenvalue weighted by Crippen LogP contribution is -2.24. The number of benzene rings is 2. The summed E-state index contributed by atoms with van der Waals surface area (Å²) in [6.07, 6.45) is 0. The second-order valence-electron chi connectivity index (χ2n) is 6.31. The number of anilines is 1. The summed E-state index contributed by atoms with van der Waals surface area (Å²) >= 11 is 4.73. The number of carbonyl (C=O) groups excluding carboxylic acids is 2. The van der Waals surface area contributed by atoms with Crippen molar-refractivity contribution in [1.29, 1.82) is 0 Å². The summed E-state index contributed by atoms with van der Waals surface area (Å²) < 4.78 is 2.77. The molecule has 2 N–H and O–H groups in total. The SMILES string of the molecule is Cc1cc(NC(=O)CSc2nnc(CNC(=O)c3ccccc3)n2C)ccc1Br. The van der Waals surface area contributed by atoms with Crippen molar-refractivity contribution < 1.29 is 9.59 Å². The van der Waals surface area contributed by atoms with Gasteiger partial charge < -0.3 is 15.2 Å². The number of hydrogen-bond acceptors (Lipinski definition) is 5. The maximum Gasteiger partial charge on any atom is 0.251 e. The third-order valence-electron chi connectivity index (χ3n) is 4.14. The number of nitrogens with one attached hydrogen (secondary N) is 2. The van der Waals surface area contributed by atoms with E-state index in [4.69, 9.17) is 0 Å². The van der Waals surface area contributed by atoms with Crippen LogP contribution in [0.15, 0.2) is 58.2 Å². The van der Waals surface area contributed by atoms with Crippen LogP contribution in [0.2, 0.25) is 0 Å². The van der Waals surface area contributed by atoms with Gasteiger partial charge in [0.15, 0.2) is 11.0 Å². The van der Waals surface area contributed by atoms with Crippen molar-refractivity contribution in [3.63, 3.8) is 0 Å². The number of rotatable bonds is 7. The van der Waals surface area contributed by atoms with Gasteiger partial charge in [-0.2, -0.15) is 0 Å². The molecule has 0 bridgehead atoms. The van der Waals surface area contributed by atoms with Gasteiger partial charge >= 0.3 is 0 Å². The summed E-state index contributed by atoms with van der Waals surface area (Å²) in [6, 6.07) is 14.6. The Morgan fingerprint density at radius 1 is 1.14 bits per heavy atom. The van der Waals surface area contributed by atoms with E-state index in [1.54, 1.807) is 16.7 Å². The lowest BCUT2D eigenvalue weighted by Gasteiger charge is -2.08. The zero-order valence-corrected chi connectivity index (χ0v) is 18.4. The Morgan fingerprint density at radius 2 is 1.90 bits per heavy atom. The minimum Gasteiger partial charge on any atom is -0.345 e. The average molecular weight is 474 g/mol. The molecule has 0 saturated carbocycles. The van der Waals surface area contributed by atoms with E-state index < -0.39 is 0 Å². The number of nitrogens with zero attached hydrogens (tertiary/aromatic N) is 3. The van der Waals surface area contributed by atoms with Crippen LogP contribution in [0, 0.1) is 6.92 Å². The summed E-state index contributed by atoms with van der Waals surface area (Å²) in [6.45, 7) is 2.22. The lowest BCUT2D eigenvalue weighted by molar-refractivity contribution is -0.113. The topological polar surface area (TPSA) is 88.9 Å². The van der Waals surface area contributed by atoms with Gasteiger partial charge in [-0.1, -0.05) is 45.9 Å². The number of halogens is 1. The largest absolute Gasteiger partial charge is 0.345 e. The van der Waals surface area contributed by atoms with Crippen LogP contribution in [0.3, 0.4) is 0 Å². The maximum absolute atomic E-state index is 12.2. The number of carbonyl (C=O) groups is 2. The Balaban J connectivity index is 1.52. The van der Waals surface area contributed by atoms with E-state index in [-0.39, 0.29) is 24.1 Å². The molecule has 0 spiro atoms. The maximum atomic E-state index is 12.2. The van der Waals surface area contributed by atoms with E-state index in [0.717, 1.165) is 15.7 Å². The highest BCUT2D eigenvalue weighted by atomic mass is 79.9. The number of aryl methyl sites for hydroxylation is 1. The number of thioether (sulfide) groups is 1. The molecule has 9 heteroatoms. The van der Waals surface area contributed by atoms with E-state index >= 15 is 0 Å². The number of aromatic nitrogens is 3. The van der Waals surface area contributed by atoms with Gasteiger partial charge in [0.05, 0.1) is 12.3 Å². The minimum atomic E-state index is -0.174. The molecule has 3 rings (SSSR count). The molecule has 0 atom stereocenters. The summed E-state index contributed by atoms with van der Waals surface area (Å²) in [5.74, 6) is 0.517. The molecule has 150 valence electrons. The van der Waals surface area contributed by atoms with Crippen LogP contribution < -0.4 is 10.6 Å². The van der Waals surface area contributed by atoms with Crippen LogP contribution in [-0.2, 0) is 18.4 Å². The summed E-state index contributed by atoms with van der Waals surface area (Å²) in [4.78, 5) is 24.4. The molecule has 3 aromatic rings. The molecule has 0 aliphatic heterocycles. The summed E-state index contributed by atoms with van der Waals surface area (Å²) in [7, 11) is 1.81. The third-order valence-corrected chi connectivity index (χ3v) is 6.05. The Bertz CT molecular complexity index is 1020. The number of hydrogen-bond donors (Lipinski definition) is 2. The van der Waals surface area contributed by atoms with Crippen molar-refractivity contribution in [3.8, 4) is 0 Å². The van der Waals surface area contributed by atoms with Crippen molar-refractivity contribution in [2.45, 2.75) is 18.6 Å². The van der Waals surface area contributed by atoms with Crippen LogP contribution in [-0.4, -0.2) is 32.3 Å². The molecule has 2 amide bonds. The Morgan fingerprint density at radius 3 is 2.62 bits per heavy atom. The van der Waals surface area contributed by atoms with E-state index in [0.29, 0.717) is 16.5 Å². The second kappa shape index (κ2) is 9.71. The fraction of sp³-hybridized carbons (Fsp3) is 0.200. The van der Waals surface area contributed by atoms with E-state index in [1.807, 2.05) is 50.4 Å². The monoisotopic (exact) mass is 473 g/mol. The second-order valence-corrected chi connectivity index (χ2v) is 8.10. The zero-order valence-electron chi connectivity index (χ0n) is 16.0. The molecule has 0 unspecified atom stereocenters. The first-order chi connectivity index (χ1) is 13.9. The van der Waals surface area contributed by atoms with Crippen LogP contribution in [0.25, 0.3) is 0 Å². The molecule has 0 saturated heterocycles. The van der Waals surface area contributed by atoms with E-state index in [9.17, 15) is 9.59 Å². The van der Waals surface area contributed by atoms with Gasteiger partial charge in [0.2, 0.25) is 5.91 Å².